The Morgan fingerprint density at radius 3 is 2.58 bits per heavy atom. The van der Waals surface area contributed by atoms with E-state index in [1.807, 2.05) is 0 Å². The molecule has 134 valence electrons. The summed E-state index contributed by atoms with van der Waals surface area (Å²) in [7, 11) is 0. The Morgan fingerprint density at radius 2 is 2.00 bits per heavy atom. The van der Waals surface area contributed by atoms with Gasteiger partial charge in [-0.15, -0.1) is 0 Å². The molecule has 0 radical (unpaired) electrons. The van der Waals surface area contributed by atoms with E-state index in [2.05, 4.69) is 4.98 Å². The first kappa shape index (κ1) is 19.1. The first-order valence-corrected chi connectivity index (χ1v) is 8.41. The van der Waals surface area contributed by atoms with Crippen LogP contribution in [0.5, 0.6) is 5.88 Å². The number of nitrogens with zero attached hydrogens (tertiary/aromatic N) is 2. The Kier molecular flexibility index (Phi) is 5.50. The number of hydrogen-bond donors (Lipinski definition) is 0. The number of ether oxygens (including phenoxy) is 2. The van der Waals surface area contributed by atoms with Crippen molar-refractivity contribution in [2.75, 3.05) is 13.1 Å². The van der Waals surface area contributed by atoms with Crippen molar-refractivity contribution in [1.29, 1.82) is 0 Å². The highest BCUT2D eigenvalue weighted by atomic mass is 127. The van der Waals surface area contributed by atoms with Crippen molar-refractivity contribution in [2.24, 2.45) is 0 Å². The lowest BCUT2D eigenvalue weighted by Gasteiger charge is -2.24. The Labute approximate surface area is 151 Å². The fraction of sp³-hybridized carbons (Fsp3) is 0.600. The second-order valence-electron chi connectivity index (χ2n) is 6.46. The molecule has 1 fully saturated rings. The molecule has 1 aromatic heterocycles. The molecule has 1 aliphatic rings. The van der Waals surface area contributed by atoms with Crippen molar-refractivity contribution in [3.05, 3.63) is 21.4 Å². The van der Waals surface area contributed by atoms with Gasteiger partial charge in [-0.1, -0.05) is 0 Å². The molecule has 1 aliphatic heterocycles. The van der Waals surface area contributed by atoms with Crippen molar-refractivity contribution in [2.45, 2.75) is 45.1 Å². The van der Waals surface area contributed by atoms with Crippen LogP contribution in [0.4, 0.5) is 18.0 Å². The van der Waals surface area contributed by atoms with Gasteiger partial charge in [0.25, 0.3) is 0 Å². The predicted molar refractivity (Wildman–Crippen MR) is 88.8 cm³/mol. The molecule has 0 N–H and O–H groups in total. The van der Waals surface area contributed by atoms with Crippen LogP contribution in [0.2, 0.25) is 0 Å². The number of aromatic nitrogens is 1. The molecular formula is C15H18F3IN2O3. The van der Waals surface area contributed by atoms with E-state index in [1.165, 1.54) is 11.0 Å². The van der Waals surface area contributed by atoms with E-state index in [9.17, 15) is 18.0 Å². The summed E-state index contributed by atoms with van der Waals surface area (Å²) in [6.07, 6.45) is -4.89. The minimum absolute atomic E-state index is 0.0923. The number of rotatable bonds is 2. The van der Waals surface area contributed by atoms with Crippen molar-refractivity contribution in [3.63, 3.8) is 0 Å². The standard InChI is InChI=1S/C15H18F3IN2O3/c1-14(2,3)24-13(22)21-5-4-10(8-21)23-12-7-9(19)6-11(20-12)15(16,17)18/h6-7,10H,4-5,8H2,1-3H3/t10-/m0/s1. The van der Waals surface area contributed by atoms with Crippen LogP contribution >= 0.6 is 22.6 Å². The third kappa shape index (κ3) is 5.38. The zero-order chi connectivity index (χ0) is 18.1. The van der Waals surface area contributed by atoms with Crippen LogP contribution in [-0.2, 0) is 10.9 Å². The van der Waals surface area contributed by atoms with E-state index in [0.29, 0.717) is 16.5 Å². The van der Waals surface area contributed by atoms with Crippen LogP contribution in [0.3, 0.4) is 0 Å². The number of likely N-dealkylation sites (tertiary alicyclic amines) is 1. The van der Waals surface area contributed by atoms with E-state index >= 15 is 0 Å². The molecule has 2 rings (SSSR count). The van der Waals surface area contributed by atoms with E-state index in [0.717, 1.165) is 6.07 Å². The molecule has 0 spiro atoms. The van der Waals surface area contributed by atoms with Crippen LogP contribution in [0.1, 0.15) is 32.9 Å². The van der Waals surface area contributed by atoms with Gasteiger partial charge in [-0.25, -0.2) is 9.78 Å². The zero-order valence-corrected chi connectivity index (χ0v) is 15.6. The van der Waals surface area contributed by atoms with Crippen molar-refractivity contribution >= 4 is 28.7 Å². The number of pyridine rings is 1. The molecule has 0 bridgehead atoms. The maximum atomic E-state index is 12.8. The number of carbonyl (C=O) groups is 1. The van der Waals surface area contributed by atoms with Crippen LogP contribution in [0.15, 0.2) is 12.1 Å². The highest BCUT2D eigenvalue weighted by molar-refractivity contribution is 14.1. The van der Waals surface area contributed by atoms with Crippen LogP contribution < -0.4 is 4.74 Å². The first-order valence-electron chi connectivity index (χ1n) is 7.33. The number of hydrogen-bond acceptors (Lipinski definition) is 4. The highest BCUT2D eigenvalue weighted by Gasteiger charge is 2.35. The minimum atomic E-state index is -4.53. The van der Waals surface area contributed by atoms with Gasteiger partial charge < -0.3 is 14.4 Å². The van der Waals surface area contributed by atoms with E-state index in [4.69, 9.17) is 9.47 Å². The molecule has 0 aromatic carbocycles. The SMILES string of the molecule is CC(C)(C)OC(=O)N1CC[C@H](Oc2cc(I)cc(C(F)(F)F)n2)C1. The van der Waals surface area contributed by atoms with Gasteiger partial charge in [0.15, 0.2) is 0 Å². The van der Waals surface area contributed by atoms with Gasteiger partial charge in [0, 0.05) is 22.6 Å². The summed E-state index contributed by atoms with van der Waals surface area (Å²) in [5, 5.41) is 0. The van der Waals surface area contributed by atoms with Gasteiger partial charge in [-0.05, 0) is 49.4 Å². The maximum Gasteiger partial charge on any atom is 0.433 e. The molecule has 0 unspecified atom stereocenters. The van der Waals surface area contributed by atoms with Gasteiger partial charge in [0.2, 0.25) is 5.88 Å². The second kappa shape index (κ2) is 6.93. The molecule has 5 nitrogen and oxygen atoms in total. The average molecular weight is 458 g/mol. The van der Waals surface area contributed by atoms with Crippen LogP contribution in [0.25, 0.3) is 0 Å². The second-order valence-corrected chi connectivity index (χ2v) is 7.71. The third-order valence-electron chi connectivity index (χ3n) is 3.14. The summed E-state index contributed by atoms with van der Waals surface area (Å²) in [6, 6.07) is 2.39. The van der Waals surface area contributed by atoms with Crippen molar-refractivity contribution < 1.29 is 27.4 Å². The quantitative estimate of drug-likeness (QED) is 0.627. The monoisotopic (exact) mass is 458 g/mol. The molecule has 0 saturated carbocycles. The normalized spacial score (nSPS) is 18.6. The van der Waals surface area contributed by atoms with E-state index in [-0.39, 0.29) is 12.4 Å². The molecule has 0 aliphatic carbocycles. The van der Waals surface area contributed by atoms with Gasteiger partial charge in [0.1, 0.15) is 17.4 Å². The number of alkyl halides is 3. The number of carbonyl (C=O) groups excluding carboxylic acids is 1. The largest absolute Gasteiger partial charge is 0.472 e. The lowest BCUT2D eigenvalue weighted by molar-refractivity contribution is -0.141. The molecule has 1 saturated heterocycles. The molecule has 24 heavy (non-hydrogen) atoms. The summed E-state index contributed by atoms with van der Waals surface area (Å²) in [6.45, 7) is 5.98. The zero-order valence-electron chi connectivity index (χ0n) is 13.5. The number of halogens is 4. The molecule has 9 heteroatoms. The van der Waals surface area contributed by atoms with Gasteiger partial charge in [0.05, 0.1) is 6.54 Å². The van der Waals surface area contributed by atoms with Crippen LogP contribution in [-0.4, -0.2) is 40.8 Å². The predicted octanol–water partition coefficient (Wildman–Crippen LogP) is 4.09. The molecule has 2 heterocycles. The smallest absolute Gasteiger partial charge is 0.433 e. The molecule has 1 amide bonds. The van der Waals surface area contributed by atoms with Gasteiger partial charge >= 0.3 is 12.3 Å². The summed E-state index contributed by atoms with van der Waals surface area (Å²) < 4.78 is 49.6. The number of amides is 1. The van der Waals surface area contributed by atoms with Gasteiger partial charge in [-0.3, -0.25) is 0 Å². The van der Waals surface area contributed by atoms with E-state index in [1.54, 1.807) is 43.4 Å². The summed E-state index contributed by atoms with van der Waals surface area (Å²) in [4.78, 5) is 17.0. The Morgan fingerprint density at radius 1 is 1.33 bits per heavy atom. The lowest BCUT2D eigenvalue weighted by Crippen LogP contribution is -2.36. The third-order valence-corrected chi connectivity index (χ3v) is 3.76. The summed E-state index contributed by atoms with van der Waals surface area (Å²) >= 11 is 1.78. The average Bonchev–Trinajstić information content (AvgIpc) is 2.83. The van der Waals surface area contributed by atoms with Crippen molar-refractivity contribution in [3.8, 4) is 5.88 Å². The Balaban J connectivity index is 2.01. The summed E-state index contributed by atoms with van der Waals surface area (Å²) in [5.74, 6) is -0.0923. The fourth-order valence-corrected chi connectivity index (χ4v) is 2.73. The Hall–Kier alpha value is -1.26. The highest BCUT2D eigenvalue weighted by Crippen LogP contribution is 2.31. The lowest BCUT2D eigenvalue weighted by atomic mass is 10.2. The molecule has 1 aromatic rings. The van der Waals surface area contributed by atoms with Crippen LogP contribution in [0, 0.1) is 3.57 Å². The minimum Gasteiger partial charge on any atom is -0.472 e. The molecule has 1 atom stereocenters. The van der Waals surface area contributed by atoms with E-state index < -0.39 is 29.7 Å². The first-order chi connectivity index (χ1) is 10.9. The maximum absolute atomic E-state index is 12.8. The summed E-state index contributed by atoms with van der Waals surface area (Å²) in [5.41, 5.74) is -1.60. The fourth-order valence-electron chi connectivity index (χ4n) is 2.17. The van der Waals surface area contributed by atoms with Crippen molar-refractivity contribution in [1.82, 2.24) is 9.88 Å². The topological polar surface area (TPSA) is 51.7 Å². The van der Waals surface area contributed by atoms with Gasteiger partial charge in [-0.2, -0.15) is 13.2 Å². The Bertz CT molecular complexity index is 617. The molecular weight excluding hydrogens is 440 g/mol.